The van der Waals surface area contributed by atoms with Crippen molar-refractivity contribution >= 4 is 11.4 Å². The van der Waals surface area contributed by atoms with E-state index < -0.39 is 0 Å². The van der Waals surface area contributed by atoms with Crippen LogP contribution in [0.5, 0.6) is 0 Å². The van der Waals surface area contributed by atoms with Crippen molar-refractivity contribution in [3.63, 3.8) is 0 Å². The van der Waals surface area contributed by atoms with Gasteiger partial charge in [-0.2, -0.15) is 0 Å². The summed E-state index contributed by atoms with van der Waals surface area (Å²) < 4.78 is 0. The monoisotopic (exact) mass is 264 g/mol. The number of likely N-dealkylation sites (N-methyl/N-ethyl adjacent to an activating group) is 1. The fourth-order valence-electron chi connectivity index (χ4n) is 1.96. The summed E-state index contributed by atoms with van der Waals surface area (Å²) in [5, 5.41) is 0. The van der Waals surface area contributed by atoms with E-state index in [0.29, 0.717) is 0 Å². The summed E-state index contributed by atoms with van der Waals surface area (Å²) in [4.78, 5) is 4.09. The SMILES string of the molecule is CN(C)[C]/C=C(\c1ccccc1)N(C)c1ccccc1. The smallest absolute Gasteiger partial charge is 0.0900 e. The average molecular weight is 264 g/mol. The highest BCUT2D eigenvalue weighted by Gasteiger charge is 2.09. The van der Waals surface area contributed by atoms with Gasteiger partial charge in [-0.3, -0.25) is 4.90 Å². The van der Waals surface area contributed by atoms with Crippen LogP contribution in [0.2, 0.25) is 0 Å². The summed E-state index contributed by atoms with van der Waals surface area (Å²) in [6.07, 6.45) is 2.02. The molecule has 0 N–H and O–H groups in total. The van der Waals surface area contributed by atoms with Crippen LogP contribution in [0.3, 0.4) is 0 Å². The predicted molar refractivity (Wildman–Crippen MR) is 86.2 cm³/mol. The molecule has 0 saturated carbocycles. The lowest BCUT2D eigenvalue weighted by Gasteiger charge is -2.24. The van der Waals surface area contributed by atoms with Crippen molar-refractivity contribution in [1.82, 2.24) is 4.90 Å². The van der Waals surface area contributed by atoms with Gasteiger partial charge in [0.25, 0.3) is 0 Å². The summed E-state index contributed by atoms with van der Waals surface area (Å²) in [5.74, 6) is 0. The van der Waals surface area contributed by atoms with Crippen molar-refractivity contribution in [3.05, 3.63) is 78.8 Å². The first-order chi connectivity index (χ1) is 9.68. The lowest BCUT2D eigenvalue weighted by Crippen LogP contribution is -2.16. The van der Waals surface area contributed by atoms with E-state index in [2.05, 4.69) is 54.9 Å². The number of anilines is 1. The third-order valence-electron chi connectivity index (χ3n) is 3.03. The van der Waals surface area contributed by atoms with Gasteiger partial charge >= 0.3 is 0 Å². The molecule has 2 heteroatoms. The van der Waals surface area contributed by atoms with E-state index >= 15 is 0 Å². The highest BCUT2D eigenvalue weighted by Crippen LogP contribution is 2.24. The molecule has 0 aliphatic rings. The lowest BCUT2D eigenvalue weighted by atomic mass is 10.1. The fraction of sp³-hybridized carbons (Fsp3) is 0.167. The number of nitrogens with zero attached hydrogens (tertiary/aromatic N) is 2. The Morgan fingerprint density at radius 3 is 1.95 bits per heavy atom. The van der Waals surface area contributed by atoms with Crippen LogP contribution in [-0.4, -0.2) is 26.0 Å². The Bertz CT molecular complexity index is 544. The van der Waals surface area contributed by atoms with Crippen molar-refractivity contribution in [1.29, 1.82) is 0 Å². The van der Waals surface area contributed by atoms with Crippen LogP contribution in [0.25, 0.3) is 5.70 Å². The van der Waals surface area contributed by atoms with Crippen LogP contribution >= 0.6 is 0 Å². The molecule has 0 saturated heterocycles. The Labute approximate surface area is 122 Å². The van der Waals surface area contributed by atoms with Gasteiger partial charge in [-0.15, -0.1) is 0 Å². The number of rotatable bonds is 5. The molecule has 2 aromatic rings. The minimum absolute atomic E-state index is 1.12. The first-order valence-corrected chi connectivity index (χ1v) is 6.66. The molecule has 0 amide bonds. The van der Waals surface area contributed by atoms with Crippen molar-refractivity contribution < 1.29 is 0 Å². The predicted octanol–water partition coefficient (Wildman–Crippen LogP) is 3.76. The van der Waals surface area contributed by atoms with Crippen LogP contribution in [0.15, 0.2) is 66.7 Å². The summed E-state index contributed by atoms with van der Waals surface area (Å²) in [6.45, 7) is 3.22. The van der Waals surface area contributed by atoms with Crippen LogP contribution in [0, 0.1) is 6.54 Å². The van der Waals surface area contributed by atoms with E-state index in [4.69, 9.17) is 0 Å². The maximum atomic E-state index is 3.22. The van der Waals surface area contributed by atoms with Gasteiger partial charge in [-0.1, -0.05) is 48.5 Å². The number of hydrogen-bond donors (Lipinski definition) is 0. The van der Waals surface area contributed by atoms with Gasteiger partial charge < -0.3 is 4.90 Å². The topological polar surface area (TPSA) is 6.48 Å². The van der Waals surface area contributed by atoms with Gasteiger partial charge in [-0.05, 0) is 37.9 Å². The molecule has 2 rings (SSSR count). The first kappa shape index (κ1) is 14.4. The second kappa shape index (κ2) is 6.92. The van der Waals surface area contributed by atoms with Gasteiger partial charge in [-0.25, -0.2) is 0 Å². The van der Waals surface area contributed by atoms with Crippen LogP contribution in [0.1, 0.15) is 5.56 Å². The molecule has 0 aliphatic heterocycles. The lowest BCUT2D eigenvalue weighted by molar-refractivity contribution is 0.521. The normalized spacial score (nSPS) is 11.7. The molecule has 0 bridgehead atoms. The third kappa shape index (κ3) is 3.72. The highest BCUT2D eigenvalue weighted by atomic mass is 15.1. The molecule has 0 aliphatic carbocycles. The largest absolute Gasteiger partial charge is 0.344 e. The minimum atomic E-state index is 1.12. The minimum Gasteiger partial charge on any atom is -0.344 e. The Hall–Kier alpha value is -2.06. The van der Waals surface area contributed by atoms with E-state index in [1.807, 2.05) is 49.3 Å². The quantitative estimate of drug-likeness (QED) is 0.759. The number of hydrogen-bond acceptors (Lipinski definition) is 2. The molecular weight excluding hydrogens is 244 g/mol. The average Bonchev–Trinajstić information content (AvgIpc) is 2.49. The van der Waals surface area contributed by atoms with E-state index in [0.717, 1.165) is 11.4 Å². The van der Waals surface area contributed by atoms with Gasteiger partial charge in [0, 0.05) is 18.4 Å². The standard InChI is InChI=1S/C18H20N2/c1-19(2)15-14-18(16-10-6-4-7-11-16)20(3)17-12-8-5-9-13-17/h4-14H,1-3H3/b18-14+. The number of para-hydroxylation sites is 1. The summed E-state index contributed by atoms with van der Waals surface area (Å²) in [6, 6.07) is 20.7. The Morgan fingerprint density at radius 1 is 0.850 bits per heavy atom. The zero-order valence-corrected chi connectivity index (χ0v) is 12.2. The molecule has 0 aromatic heterocycles. The molecule has 0 heterocycles. The molecule has 0 atom stereocenters. The molecule has 0 unspecified atom stereocenters. The van der Waals surface area contributed by atoms with Gasteiger partial charge in [0.1, 0.15) is 0 Å². The second-order valence-electron chi connectivity index (χ2n) is 4.81. The van der Waals surface area contributed by atoms with Crippen LogP contribution in [0.4, 0.5) is 5.69 Å². The molecule has 0 spiro atoms. The molecule has 2 radical (unpaired) electrons. The Balaban J connectivity index is 2.34. The maximum absolute atomic E-state index is 3.22. The molecule has 102 valence electrons. The summed E-state index contributed by atoms with van der Waals surface area (Å²) >= 11 is 0. The second-order valence-corrected chi connectivity index (χ2v) is 4.81. The van der Waals surface area contributed by atoms with Crippen molar-refractivity contribution in [2.75, 3.05) is 26.0 Å². The molecule has 0 fully saturated rings. The Kier molecular flexibility index (Phi) is 4.97. The van der Waals surface area contributed by atoms with Crippen molar-refractivity contribution in [2.24, 2.45) is 0 Å². The Morgan fingerprint density at radius 2 is 1.40 bits per heavy atom. The fourth-order valence-corrected chi connectivity index (χ4v) is 1.96. The van der Waals surface area contributed by atoms with Crippen LogP contribution in [-0.2, 0) is 0 Å². The molecular formula is C18H20N2. The zero-order valence-electron chi connectivity index (χ0n) is 12.2. The summed E-state index contributed by atoms with van der Waals surface area (Å²) in [7, 11) is 6.02. The van der Waals surface area contributed by atoms with Gasteiger partial charge in [0.05, 0.1) is 6.54 Å². The van der Waals surface area contributed by atoms with E-state index in [1.54, 1.807) is 0 Å². The highest BCUT2D eigenvalue weighted by molar-refractivity contribution is 5.79. The van der Waals surface area contributed by atoms with E-state index in [9.17, 15) is 0 Å². The number of benzene rings is 2. The van der Waals surface area contributed by atoms with E-state index in [-0.39, 0.29) is 0 Å². The van der Waals surface area contributed by atoms with Crippen LogP contribution < -0.4 is 4.90 Å². The molecule has 20 heavy (non-hydrogen) atoms. The van der Waals surface area contributed by atoms with Gasteiger partial charge in [0.2, 0.25) is 0 Å². The first-order valence-electron chi connectivity index (χ1n) is 6.66. The maximum Gasteiger partial charge on any atom is 0.0900 e. The molecule has 2 nitrogen and oxygen atoms in total. The van der Waals surface area contributed by atoms with Crippen molar-refractivity contribution in [2.45, 2.75) is 0 Å². The molecule has 2 aromatic carbocycles. The zero-order chi connectivity index (χ0) is 14.4. The third-order valence-corrected chi connectivity index (χ3v) is 3.03. The summed E-state index contributed by atoms with van der Waals surface area (Å²) in [5.41, 5.74) is 3.45. The van der Waals surface area contributed by atoms with Crippen molar-refractivity contribution in [3.8, 4) is 0 Å². The van der Waals surface area contributed by atoms with Gasteiger partial charge in [0.15, 0.2) is 0 Å². The van der Waals surface area contributed by atoms with E-state index in [1.165, 1.54) is 5.56 Å².